The number of carbonyl (C=O) groups excluding carboxylic acids is 3. The number of aliphatic hydroxyl groups excluding tert-OH is 1. The Morgan fingerprint density at radius 2 is 2.00 bits per heavy atom. The molecule has 0 radical (unpaired) electrons. The summed E-state index contributed by atoms with van der Waals surface area (Å²) in [4.78, 5) is 44.4. The van der Waals surface area contributed by atoms with Gasteiger partial charge in [0, 0.05) is 18.8 Å². The molecule has 4 rings (SSSR count). The van der Waals surface area contributed by atoms with Crippen LogP contribution in [0.15, 0.2) is 30.9 Å². The van der Waals surface area contributed by atoms with Crippen LogP contribution in [0.3, 0.4) is 0 Å². The largest absolute Gasteiger partial charge is 0.466 e. The molecule has 2 amide bonds. The van der Waals surface area contributed by atoms with Gasteiger partial charge in [-0.15, -0.1) is 6.58 Å². The lowest BCUT2D eigenvalue weighted by atomic mass is 9.62. The van der Waals surface area contributed by atoms with Crippen LogP contribution in [0.25, 0.3) is 0 Å². The number of amides is 2. The number of aliphatic hydroxyl groups is 1. The van der Waals surface area contributed by atoms with Gasteiger partial charge in [0.2, 0.25) is 5.91 Å². The van der Waals surface area contributed by atoms with Gasteiger partial charge in [0.1, 0.15) is 17.6 Å². The second-order valence-corrected chi connectivity index (χ2v) is 10.2. The molecule has 2 bridgehead atoms. The Bertz CT molecular complexity index is 1040. The monoisotopic (exact) mass is 484 g/mol. The number of aryl methyl sites for hydroxylation is 2. The average Bonchev–Trinajstić information content (AvgIpc) is 3.30. The lowest BCUT2D eigenvalue weighted by Gasteiger charge is -2.37. The number of hydrogen-bond donors (Lipinski definition) is 1. The number of ether oxygens (including phenoxy) is 2. The van der Waals surface area contributed by atoms with Gasteiger partial charge >= 0.3 is 5.97 Å². The Morgan fingerprint density at radius 3 is 2.57 bits per heavy atom. The molecule has 3 saturated heterocycles. The summed E-state index contributed by atoms with van der Waals surface area (Å²) in [6, 6.07) is 4.84. The SMILES string of the molecule is C=CCN(C(=O)C1N(CCO)C(=O)[C@@H]2[C@H](C(=O)OCC)[C@@]3(C)OC12CC3C)c1c(C)cccc1C. The summed E-state index contributed by atoms with van der Waals surface area (Å²) in [6.45, 7) is 13.4. The lowest BCUT2D eigenvalue weighted by Crippen LogP contribution is -2.57. The number of nitrogens with zero attached hydrogens (tertiary/aromatic N) is 2. The first kappa shape index (κ1) is 25.4. The van der Waals surface area contributed by atoms with E-state index < -0.39 is 35.0 Å². The van der Waals surface area contributed by atoms with E-state index in [1.165, 1.54) is 4.90 Å². The van der Waals surface area contributed by atoms with Gasteiger partial charge in [-0.3, -0.25) is 14.4 Å². The molecule has 8 nitrogen and oxygen atoms in total. The molecule has 1 N–H and O–H groups in total. The van der Waals surface area contributed by atoms with Gasteiger partial charge in [-0.05, 0) is 51.2 Å². The van der Waals surface area contributed by atoms with Crippen LogP contribution in [0.2, 0.25) is 0 Å². The average molecular weight is 485 g/mol. The fourth-order valence-electron chi connectivity index (χ4n) is 6.76. The first-order valence-corrected chi connectivity index (χ1v) is 12.4. The zero-order valence-electron chi connectivity index (χ0n) is 21.2. The Hall–Kier alpha value is -2.71. The normalized spacial score (nSPS) is 33.1. The molecular weight excluding hydrogens is 448 g/mol. The summed E-state index contributed by atoms with van der Waals surface area (Å²) in [7, 11) is 0. The number of hydrogen-bond acceptors (Lipinski definition) is 6. The van der Waals surface area contributed by atoms with Crippen LogP contribution < -0.4 is 4.90 Å². The quantitative estimate of drug-likeness (QED) is 0.450. The van der Waals surface area contributed by atoms with Gasteiger partial charge in [0.25, 0.3) is 5.91 Å². The van der Waals surface area contributed by atoms with Crippen molar-refractivity contribution in [2.75, 3.05) is 31.2 Å². The number of benzene rings is 1. The van der Waals surface area contributed by atoms with Crippen molar-refractivity contribution in [1.29, 1.82) is 0 Å². The van der Waals surface area contributed by atoms with Crippen molar-refractivity contribution in [2.45, 2.75) is 58.3 Å². The third kappa shape index (κ3) is 3.52. The molecule has 1 aromatic carbocycles. The van der Waals surface area contributed by atoms with Crippen molar-refractivity contribution in [1.82, 2.24) is 4.90 Å². The maximum atomic E-state index is 14.4. The van der Waals surface area contributed by atoms with Crippen molar-refractivity contribution >= 4 is 23.5 Å². The van der Waals surface area contributed by atoms with Crippen LogP contribution in [-0.2, 0) is 23.9 Å². The van der Waals surface area contributed by atoms with E-state index in [9.17, 15) is 19.5 Å². The van der Waals surface area contributed by atoms with Crippen molar-refractivity contribution in [3.8, 4) is 0 Å². The lowest BCUT2D eigenvalue weighted by molar-refractivity contribution is -0.161. The zero-order chi connectivity index (χ0) is 25.7. The van der Waals surface area contributed by atoms with E-state index >= 15 is 0 Å². The highest BCUT2D eigenvalue weighted by Gasteiger charge is 2.80. The first-order chi connectivity index (χ1) is 16.6. The minimum Gasteiger partial charge on any atom is -0.466 e. The summed E-state index contributed by atoms with van der Waals surface area (Å²) >= 11 is 0. The van der Waals surface area contributed by atoms with Crippen LogP contribution in [0.1, 0.15) is 38.3 Å². The highest BCUT2D eigenvalue weighted by atomic mass is 16.6. The fraction of sp³-hybridized carbons (Fsp3) is 0.593. The minimum atomic E-state index is -1.18. The molecule has 3 fully saturated rings. The van der Waals surface area contributed by atoms with E-state index in [1.807, 2.05) is 45.9 Å². The standard InChI is InChI=1S/C27H36N2O6/c1-7-12-28(21-16(3)10-9-11-17(21)4)24(32)22-27-15-18(5)26(6,35-27)20(25(33)34-8-2)19(27)23(31)29(22)13-14-30/h7,9-11,18-20,22,30H,1,8,12-15H2,2-6H3/t18?,19-,20+,22?,26-,27?/m0/s1. The van der Waals surface area contributed by atoms with Gasteiger partial charge in [0.15, 0.2) is 0 Å². The summed E-state index contributed by atoms with van der Waals surface area (Å²) in [5.74, 6) is -2.84. The third-order valence-electron chi connectivity index (χ3n) is 8.22. The molecule has 3 unspecified atom stereocenters. The number of anilines is 1. The van der Waals surface area contributed by atoms with Crippen LogP contribution >= 0.6 is 0 Å². The summed E-state index contributed by atoms with van der Waals surface area (Å²) in [5.41, 5.74) is 0.521. The number of β-amino-alcohol motifs (C(OH)–C–C–N with tert-alkyl or cyclic N) is 1. The maximum absolute atomic E-state index is 14.4. The molecule has 1 spiro atoms. The number of para-hydroxylation sites is 1. The van der Waals surface area contributed by atoms with E-state index in [-0.39, 0.29) is 44.0 Å². The van der Waals surface area contributed by atoms with Gasteiger partial charge in [-0.1, -0.05) is 31.2 Å². The van der Waals surface area contributed by atoms with Crippen molar-refractivity contribution in [3.63, 3.8) is 0 Å². The van der Waals surface area contributed by atoms with Crippen LogP contribution in [0, 0.1) is 31.6 Å². The van der Waals surface area contributed by atoms with Crippen LogP contribution in [0.4, 0.5) is 5.69 Å². The first-order valence-electron chi connectivity index (χ1n) is 12.4. The number of fused-ring (bicyclic) bond motifs is 1. The molecular formula is C27H36N2O6. The summed E-state index contributed by atoms with van der Waals surface area (Å²) in [5, 5.41) is 9.82. The number of esters is 1. The van der Waals surface area contributed by atoms with E-state index in [0.717, 1.165) is 16.8 Å². The highest BCUT2D eigenvalue weighted by molar-refractivity contribution is 6.05. The summed E-state index contributed by atoms with van der Waals surface area (Å²) < 4.78 is 12.0. The smallest absolute Gasteiger partial charge is 0.312 e. The predicted molar refractivity (Wildman–Crippen MR) is 131 cm³/mol. The van der Waals surface area contributed by atoms with Crippen molar-refractivity contribution < 1.29 is 29.0 Å². The maximum Gasteiger partial charge on any atom is 0.312 e. The molecule has 0 aromatic heterocycles. The zero-order valence-corrected chi connectivity index (χ0v) is 21.2. The van der Waals surface area contributed by atoms with Gasteiger partial charge < -0.3 is 24.4 Å². The Labute approximate surface area is 206 Å². The highest BCUT2D eigenvalue weighted by Crippen LogP contribution is 2.65. The predicted octanol–water partition coefficient (Wildman–Crippen LogP) is 2.39. The van der Waals surface area contributed by atoms with E-state index in [1.54, 1.807) is 17.9 Å². The van der Waals surface area contributed by atoms with Crippen molar-refractivity contribution in [3.05, 3.63) is 42.0 Å². The third-order valence-corrected chi connectivity index (χ3v) is 8.22. The van der Waals surface area contributed by atoms with Gasteiger partial charge in [-0.25, -0.2) is 0 Å². The molecule has 3 aliphatic heterocycles. The molecule has 1 aromatic rings. The summed E-state index contributed by atoms with van der Waals surface area (Å²) in [6.07, 6.45) is 2.12. The van der Waals surface area contributed by atoms with E-state index in [0.29, 0.717) is 6.42 Å². The van der Waals surface area contributed by atoms with Gasteiger partial charge in [-0.2, -0.15) is 0 Å². The molecule has 0 aliphatic carbocycles. The minimum absolute atomic E-state index is 0.0217. The molecule has 6 atom stereocenters. The number of carbonyl (C=O) groups is 3. The van der Waals surface area contributed by atoms with Crippen LogP contribution in [-0.4, -0.2) is 71.3 Å². The number of rotatable bonds is 8. The van der Waals surface area contributed by atoms with E-state index in [2.05, 4.69) is 6.58 Å². The Kier molecular flexibility index (Phi) is 6.57. The van der Waals surface area contributed by atoms with Crippen LogP contribution in [0.5, 0.6) is 0 Å². The molecule has 35 heavy (non-hydrogen) atoms. The molecule has 0 saturated carbocycles. The van der Waals surface area contributed by atoms with Crippen molar-refractivity contribution in [2.24, 2.45) is 17.8 Å². The molecule has 3 heterocycles. The van der Waals surface area contributed by atoms with E-state index in [4.69, 9.17) is 9.47 Å². The molecule has 3 aliphatic rings. The fourth-order valence-corrected chi connectivity index (χ4v) is 6.76. The number of likely N-dealkylation sites (tertiary alicyclic amines) is 1. The second kappa shape index (κ2) is 9.06. The van der Waals surface area contributed by atoms with Gasteiger partial charge in [0.05, 0.1) is 24.7 Å². The molecule has 190 valence electrons. The second-order valence-electron chi connectivity index (χ2n) is 10.2. The Balaban J connectivity index is 1.86. The molecule has 8 heteroatoms. The Morgan fingerprint density at radius 1 is 1.34 bits per heavy atom. The topological polar surface area (TPSA) is 96.4 Å².